The second-order valence-corrected chi connectivity index (χ2v) is 17.1. The molecule has 3 heteroatoms. The van der Waals surface area contributed by atoms with Gasteiger partial charge in [-0.15, -0.1) is 11.3 Å². The fourth-order valence-corrected chi connectivity index (χ4v) is 10.7. The molecule has 0 N–H and O–H groups in total. The lowest BCUT2D eigenvalue weighted by molar-refractivity contribution is 1.18. The van der Waals surface area contributed by atoms with Crippen LogP contribution in [0.3, 0.4) is 0 Å². The molecule has 0 aliphatic rings. The van der Waals surface area contributed by atoms with E-state index in [2.05, 4.69) is 252 Å². The van der Waals surface area contributed by atoms with Crippen LogP contribution >= 0.6 is 11.3 Å². The van der Waals surface area contributed by atoms with E-state index in [0.29, 0.717) is 0 Å². The maximum absolute atomic E-state index is 2.51. The largest absolute Gasteiger partial charge is 0.309 e. The highest BCUT2D eigenvalue weighted by atomic mass is 32.1. The second-order valence-electron chi connectivity index (χ2n) is 16.1. The van der Waals surface area contributed by atoms with E-state index in [1.165, 1.54) is 53.2 Å². The van der Waals surface area contributed by atoms with Gasteiger partial charge in [-0.3, -0.25) is 0 Å². The molecule has 0 amide bonds. The van der Waals surface area contributed by atoms with Gasteiger partial charge in [0, 0.05) is 53.4 Å². The minimum Gasteiger partial charge on any atom is -0.309 e. The van der Waals surface area contributed by atoms with Crippen LogP contribution in [-0.2, 0) is 0 Å². The normalized spacial score (nSPS) is 11.5. The number of anilines is 3. The van der Waals surface area contributed by atoms with E-state index in [9.17, 15) is 0 Å². The first kappa shape index (κ1) is 36.8. The predicted octanol–water partition coefficient (Wildman–Crippen LogP) is 17.3. The molecule has 0 unspecified atom stereocenters. The van der Waals surface area contributed by atoms with Crippen LogP contribution in [0, 0.1) is 0 Å². The Labute approximate surface area is 370 Å². The lowest BCUT2D eigenvalue weighted by atomic mass is 9.93. The van der Waals surface area contributed by atoms with Crippen LogP contribution in [0.25, 0.3) is 92.2 Å². The molecule has 0 aliphatic heterocycles. The first-order valence-corrected chi connectivity index (χ1v) is 22.3. The molecule has 296 valence electrons. The average Bonchev–Trinajstić information content (AvgIpc) is 3.91. The minimum absolute atomic E-state index is 1.07. The first-order chi connectivity index (χ1) is 31.3. The molecule has 10 aromatic carbocycles. The minimum atomic E-state index is 1.07. The summed E-state index contributed by atoms with van der Waals surface area (Å²) in [6.07, 6.45) is 0. The standard InChI is InChI=1S/C60H40N2S/c1-5-18-41(19-6-1)44-32-35-48(42-20-7-2-8-21-42)57(39-44)62(47-34-36-51-50-26-13-15-30-55(50)61(58(51)40-47)46-24-11-4-12-25-46)56-37-33-45(38-54(56)43-22-9-3-10-23-43)49-28-17-29-53-52-27-14-16-31-59(52)63-60(49)53/h1-40H. The molecule has 0 aliphatic carbocycles. The third kappa shape index (κ3) is 6.41. The Bertz CT molecular complexity index is 3610. The van der Waals surface area contributed by atoms with E-state index in [4.69, 9.17) is 0 Å². The van der Waals surface area contributed by atoms with Crippen molar-refractivity contribution in [2.75, 3.05) is 4.90 Å². The zero-order valence-electron chi connectivity index (χ0n) is 34.4. The molecular formula is C60H40N2S. The van der Waals surface area contributed by atoms with Crippen LogP contribution in [0.1, 0.15) is 0 Å². The van der Waals surface area contributed by atoms with E-state index in [0.717, 1.165) is 56.1 Å². The molecule has 0 bridgehead atoms. The van der Waals surface area contributed by atoms with Gasteiger partial charge >= 0.3 is 0 Å². The molecule has 2 heterocycles. The predicted molar refractivity (Wildman–Crippen MR) is 270 cm³/mol. The number of nitrogens with zero attached hydrogens (tertiary/aromatic N) is 2. The maximum atomic E-state index is 2.51. The Kier molecular flexibility index (Phi) is 9.06. The van der Waals surface area contributed by atoms with Crippen LogP contribution in [0.4, 0.5) is 17.1 Å². The molecule has 0 atom stereocenters. The van der Waals surface area contributed by atoms with Gasteiger partial charge in [-0.05, 0) is 88.0 Å². The van der Waals surface area contributed by atoms with Crippen LogP contribution < -0.4 is 4.90 Å². The summed E-state index contributed by atoms with van der Waals surface area (Å²) < 4.78 is 5.03. The molecule has 0 saturated heterocycles. The summed E-state index contributed by atoms with van der Waals surface area (Å²) in [5.41, 5.74) is 16.1. The average molecular weight is 821 g/mol. The number of hydrogen-bond acceptors (Lipinski definition) is 2. The van der Waals surface area contributed by atoms with Crippen LogP contribution in [0.15, 0.2) is 243 Å². The lowest BCUT2D eigenvalue weighted by Crippen LogP contribution is -2.13. The van der Waals surface area contributed by atoms with Crippen LogP contribution in [-0.4, -0.2) is 4.57 Å². The zero-order valence-corrected chi connectivity index (χ0v) is 35.2. The van der Waals surface area contributed by atoms with Crippen molar-refractivity contribution in [3.63, 3.8) is 0 Å². The van der Waals surface area contributed by atoms with Gasteiger partial charge in [-0.25, -0.2) is 0 Å². The number of thiophene rings is 1. The number of aromatic nitrogens is 1. The molecular weight excluding hydrogens is 781 g/mol. The number of hydrogen-bond donors (Lipinski definition) is 0. The molecule has 12 rings (SSSR count). The van der Waals surface area contributed by atoms with Gasteiger partial charge in [0.2, 0.25) is 0 Å². The Hall–Kier alpha value is -7.98. The summed E-state index contributed by atoms with van der Waals surface area (Å²) in [5, 5.41) is 5.05. The summed E-state index contributed by atoms with van der Waals surface area (Å²) >= 11 is 1.88. The SMILES string of the molecule is c1ccc(-c2ccc(-c3ccccc3)c(N(c3ccc4c5ccccc5n(-c5ccccc5)c4c3)c3ccc(-c4cccc5c4sc4ccccc45)cc3-c3ccccc3)c2)cc1. The van der Waals surface area contributed by atoms with Gasteiger partial charge in [0.25, 0.3) is 0 Å². The number of fused-ring (bicyclic) bond motifs is 6. The molecule has 0 saturated carbocycles. The number of para-hydroxylation sites is 2. The van der Waals surface area contributed by atoms with Crippen molar-refractivity contribution in [1.29, 1.82) is 0 Å². The van der Waals surface area contributed by atoms with Crippen molar-refractivity contribution >= 4 is 70.4 Å². The second kappa shape index (κ2) is 15.5. The Morgan fingerprint density at radius 2 is 0.921 bits per heavy atom. The van der Waals surface area contributed by atoms with Crippen molar-refractivity contribution < 1.29 is 0 Å². The monoisotopic (exact) mass is 820 g/mol. The van der Waals surface area contributed by atoms with Crippen molar-refractivity contribution in [2.24, 2.45) is 0 Å². The van der Waals surface area contributed by atoms with Gasteiger partial charge < -0.3 is 9.47 Å². The molecule has 0 spiro atoms. The van der Waals surface area contributed by atoms with E-state index < -0.39 is 0 Å². The number of rotatable bonds is 8. The molecule has 2 aromatic heterocycles. The van der Waals surface area contributed by atoms with Crippen molar-refractivity contribution in [1.82, 2.24) is 4.57 Å². The zero-order chi connectivity index (χ0) is 41.7. The van der Waals surface area contributed by atoms with Crippen LogP contribution in [0.5, 0.6) is 0 Å². The molecule has 0 radical (unpaired) electrons. The smallest absolute Gasteiger partial charge is 0.0561 e. The lowest BCUT2D eigenvalue weighted by Gasteiger charge is -2.31. The van der Waals surface area contributed by atoms with E-state index >= 15 is 0 Å². The van der Waals surface area contributed by atoms with Crippen molar-refractivity contribution in [3.05, 3.63) is 243 Å². The van der Waals surface area contributed by atoms with Gasteiger partial charge in [0.05, 0.1) is 22.4 Å². The third-order valence-electron chi connectivity index (χ3n) is 12.4. The third-order valence-corrected chi connectivity index (χ3v) is 13.6. The molecule has 0 fully saturated rings. The fourth-order valence-electron chi connectivity index (χ4n) is 9.47. The van der Waals surface area contributed by atoms with E-state index in [1.54, 1.807) is 0 Å². The van der Waals surface area contributed by atoms with Gasteiger partial charge in [-0.2, -0.15) is 0 Å². The van der Waals surface area contributed by atoms with Gasteiger partial charge in [-0.1, -0.05) is 188 Å². The molecule has 2 nitrogen and oxygen atoms in total. The molecule has 63 heavy (non-hydrogen) atoms. The van der Waals surface area contributed by atoms with Crippen molar-refractivity contribution in [3.8, 4) is 50.2 Å². The summed E-state index contributed by atoms with van der Waals surface area (Å²) in [5.74, 6) is 0. The fraction of sp³-hybridized carbons (Fsp3) is 0. The summed E-state index contributed by atoms with van der Waals surface area (Å²) in [6, 6.07) is 88.6. The summed E-state index contributed by atoms with van der Waals surface area (Å²) in [7, 11) is 0. The highest BCUT2D eigenvalue weighted by molar-refractivity contribution is 7.26. The number of benzene rings is 10. The van der Waals surface area contributed by atoms with Gasteiger partial charge in [0.15, 0.2) is 0 Å². The first-order valence-electron chi connectivity index (χ1n) is 21.5. The Balaban J connectivity index is 1.17. The van der Waals surface area contributed by atoms with Crippen molar-refractivity contribution in [2.45, 2.75) is 0 Å². The summed E-state index contributed by atoms with van der Waals surface area (Å²) in [4.78, 5) is 2.51. The van der Waals surface area contributed by atoms with E-state index in [1.807, 2.05) is 11.3 Å². The van der Waals surface area contributed by atoms with Gasteiger partial charge in [0.1, 0.15) is 0 Å². The van der Waals surface area contributed by atoms with E-state index in [-0.39, 0.29) is 0 Å². The Morgan fingerprint density at radius 1 is 0.317 bits per heavy atom. The highest BCUT2D eigenvalue weighted by Crippen LogP contribution is 2.49. The quantitative estimate of drug-likeness (QED) is 0.148. The topological polar surface area (TPSA) is 8.17 Å². The summed E-state index contributed by atoms with van der Waals surface area (Å²) in [6.45, 7) is 0. The Morgan fingerprint density at radius 3 is 1.68 bits per heavy atom. The highest BCUT2D eigenvalue weighted by Gasteiger charge is 2.24. The molecule has 12 aromatic rings. The van der Waals surface area contributed by atoms with Crippen LogP contribution in [0.2, 0.25) is 0 Å². The maximum Gasteiger partial charge on any atom is 0.0561 e.